The summed E-state index contributed by atoms with van der Waals surface area (Å²) in [5.41, 5.74) is 1.91. The Morgan fingerprint density at radius 2 is 1.73 bits per heavy atom. The maximum Gasteiger partial charge on any atom is 0.142 e. The average molecular weight is 352 g/mol. The Labute approximate surface area is 152 Å². The van der Waals surface area contributed by atoms with Gasteiger partial charge in [0.25, 0.3) is 0 Å². The molecule has 134 valence electrons. The summed E-state index contributed by atoms with van der Waals surface area (Å²) in [7, 11) is 1.63. The molecular formula is C20H21FN4O. The predicted octanol–water partition coefficient (Wildman–Crippen LogP) is 4.33. The molecule has 0 unspecified atom stereocenters. The van der Waals surface area contributed by atoms with E-state index in [0.717, 1.165) is 29.2 Å². The molecule has 6 heteroatoms. The van der Waals surface area contributed by atoms with Crippen molar-refractivity contribution in [2.24, 2.45) is 0 Å². The Morgan fingerprint density at radius 3 is 2.50 bits per heavy atom. The van der Waals surface area contributed by atoms with Crippen LogP contribution in [-0.2, 0) is 6.42 Å². The summed E-state index contributed by atoms with van der Waals surface area (Å²) in [6, 6.07) is 16.0. The van der Waals surface area contributed by atoms with E-state index in [1.807, 2.05) is 37.3 Å². The van der Waals surface area contributed by atoms with Gasteiger partial charge < -0.3 is 15.4 Å². The minimum Gasteiger partial charge on any atom is -0.495 e. The normalized spacial score (nSPS) is 10.4. The number of ether oxygens (including phenoxy) is 1. The van der Waals surface area contributed by atoms with Crippen LogP contribution in [0.4, 0.5) is 21.7 Å². The number of benzene rings is 2. The van der Waals surface area contributed by atoms with Gasteiger partial charge in [0.2, 0.25) is 0 Å². The van der Waals surface area contributed by atoms with Crippen LogP contribution in [0.2, 0.25) is 0 Å². The van der Waals surface area contributed by atoms with Crippen molar-refractivity contribution in [2.45, 2.75) is 13.3 Å². The van der Waals surface area contributed by atoms with E-state index in [9.17, 15) is 4.39 Å². The molecule has 0 spiro atoms. The van der Waals surface area contributed by atoms with Crippen LogP contribution in [0.25, 0.3) is 0 Å². The van der Waals surface area contributed by atoms with E-state index in [2.05, 4.69) is 20.6 Å². The van der Waals surface area contributed by atoms with Gasteiger partial charge in [-0.05, 0) is 43.2 Å². The molecule has 0 aliphatic rings. The quantitative estimate of drug-likeness (QED) is 0.663. The topological polar surface area (TPSA) is 59.1 Å². The van der Waals surface area contributed by atoms with E-state index in [0.29, 0.717) is 18.2 Å². The molecule has 0 saturated carbocycles. The second kappa shape index (κ2) is 8.29. The second-order valence-electron chi connectivity index (χ2n) is 5.81. The number of methoxy groups -OCH3 is 1. The van der Waals surface area contributed by atoms with Gasteiger partial charge in [-0.25, -0.2) is 14.4 Å². The fourth-order valence-electron chi connectivity index (χ4n) is 2.59. The molecule has 0 saturated heterocycles. The van der Waals surface area contributed by atoms with Crippen molar-refractivity contribution in [1.82, 2.24) is 9.97 Å². The minimum absolute atomic E-state index is 0.222. The first-order valence-electron chi connectivity index (χ1n) is 8.38. The molecule has 0 aliphatic heterocycles. The average Bonchev–Trinajstić information content (AvgIpc) is 2.63. The van der Waals surface area contributed by atoms with Crippen LogP contribution < -0.4 is 15.4 Å². The highest BCUT2D eigenvalue weighted by atomic mass is 19.1. The smallest absolute Gasteiger partial charge is 0.142 e. The molecule has 0 atom stereocenters. The molecule has 0 amide bonds. The van der Waals surface area contributed by atoms with Crippen molar-refractivity contribution in [1.29, 1.82) is 0 Å². The second-order valence-corrected chi connectivity index (χ2v) is 5.81. The summed E-state index contributed by atoms with van der Waals surface area (Å²) in [6.07, 6.45) is 0.776. The van der Waals surface area contributed by atoms with Crippen LogP contribution in [0.1, 0.15) is 11.4 Å². The van der Waals surface area contributed by atoms with Crippen LogP contribution in [0.3, 0.4) is 0 Å². The van der Waals surface area contributed by atoms with Gasteiger partial charge in [-0.2, -0.15) is 0 Å². The third-order valence-corrected chi connectivity index (χ3v) is 3.84. The van der Waals surface area contributed by atoms with Crippen molar-refractivity contribution < 1.29 is 9.13 Å². The number of nitrogens with zero attached hydrogens (tertiary/aromatic N) is 2. The maximum absolute atomic E-state index is 12.9. The number of para-hydroxylation sites is 2. The van der Waals surface area contributed by atoms with Crippen molar-refractivity contribution in [3.8, 4) is 5.75 Å². The molecule has 0 fully saturated rings. The molecule has 3 aromatic rings. The fraction of sp³-hybridized carbons (Fsp3) is 0.200. The molecule has 2 N–H and O–H groups in total. The van der Waals surface area contributed by atoms with Gasteiger partial charge >= 0.3 is 0 Å². The molecule has 0 radical (unpaired) electrons. The van der Waals surface area contributed by atoms with Crippen molar-refractivity contribution in [3.63, 3.8) is 0 Å². The summed E-state index contributed by atoms with van der Waals surface area (Å²) in [6.45, 7) is 2.54. The van der Waals surface area contributed by atoms with Crippen LogP contribution in [0.5, 0.6) is 5.75 Å². The van der Waals surface area contributed by atoms with E-state index in [4.69, 9.17) is 4.74 Å². The molecule has 2 aromatic carbocycles. The SMILES string of the molecule is COc1ccccc1Nc1cc(NCCc2ccc(F)cc2)nc(C)n1. The molecule has 0 bridgehead atoms. The van der Waals surface area contributed by atoms with Gasteiger partial charge in [0.15, 0.2) is 0 Å². The zero-order valence-electron chi connectivity index (χ0n) is 14.8. The van der Waals surface area contributed by atoms with Crippen LogP contribution >= 0.6 is 0 Å². The summed E-state index contributed by atoms with van der Waals surface area (Å²) in [5.74, 6) is 2.60. The van der Waals surface area contributed by atoms with E-state index in [1.165, 1.54) is 12.1 Å². The first-order chi connectivity index (χ1) is 12.6. The number of hydrogen-bond donors (Lipinski definition) is 2. The van der Waals surface area contributed by atoms with E-state index < -0.39 is 0 Å². The molecule has 1 aromatic heterocycles. The lowest BCUT2D eigenvalue weighted by Gasteiger charge is -2.12. The lowest BCUT2D eigenvalue weighted by molar-refractivity contribution is 0.417. The third-order valence-electron chi connectivity index (χ3n) is 3.84. The first kappa shape index (κ1) is 17.7. The van der Waals surface area contributed by atoms with Crippen LogP contribution in [-0.4, -0.2) is 23.6 Å². The van der Waals surface area contributed by atoms with Gasteiger partial charge in [0.1, 0.15) is 29.0 Å². The van der Waals surface area contributed by atoms with Gasteiger partial charge in [0.05, 0.1) is 12.8 Å². The highest BCUT2D eigenvalue weighted by Crippen LogP contribution is 2.26. The molecule has 26 heavy (non-hydrogen) atoms. The van der Waals surface area contributed by atoms with Gasteiger partial charge in [0, 0.05) is 12.6 Å². The van der Waals surface area contributed by atoms with Crippen LogP contribution in [0, 0.1) is 12.7 Å². The highest BCUT2D eigenvalue weighted by molar-refractivity contribution is 5.65. The molecule has 1 heterocycles. The van der Waals surface area contributed by atoms with E-state index >= 15 is 0 Å². The molecule has 5 nitrogen and oxygen atoms in total. The van der Waals surface area contributed by atoms with Gasteiger partial charge in [-0.1, -0.05) is 24.3 Å². The first-order valence-corrected chi connectivity index (χ1v) is 8.38. The number of aryl methyl sites for hydroxylation is 1. The predicted molar refractivity (Wildman–Crippen MR) is 102 cm³/mol. The molecule has 0 aliphatic carbocycles. The van der Waals surface area contributed by atoms with Gasteiger partial charge in [-0.3, -0.25) is 0 Å². The standard InChI is InChI=1S/C20H21FN4O/c1-14-23-19(22-12-11-15-7-9-16(21)10-8-15)13-20(24-14)25-17-5-3-4-6-18(17)26-2/h3-10,13H,11-12H2,1-2H3,(H2,22,23,24,25). The summed E-state index contributed by atoms with van der Waals surface area (Å²) < 4.78 is 18.3. The monoisotopic (exact) mass is 352 g/mol. The molecular weight excluding hydrogens is 331 g/mol. The Bertz CT molecular complexity index is 868. The number of aromatic nitrogens is 2. The number of rotatable bonds is 7. The number of hydrogen-bond acceptors (Lipinski definition) is 5. The Hall–Kier alpha value is -3.15. The summed E-state index contributed by atoms with van der Waals surface area (Å²) in [4.78, 5) is 8.83. The van der Waals surface area contributed by atoms with E-state index in [1.54, 1.807) is 19.2 Å². The third kappa shape index (κ3) is 4.69. The fourth-order valence-corrected chi connectivity index (χ4v) is 2.59. The minimum atomic E-state index is -0.222. The summed E-state index contributed by atoms with van der Waals surface area (Å²) >= 11 is 0. The number of halogens is 1. The van der Waals surface area contributed by atoms with Gasteiger partial charge in [-0.15, -0.1) is 0 Å². The Balaban J connectivity index is 1.66. The lowest BCUT2D eigenvalue weighted by atomic mass is 10.1. The van der Waals surface area contributed by atoms with E-state index in [-0.39, 0.29) is 5.82 Å². The zero-order chi connectivity index (χ0) is 18.4. The maximum atomic E-state index is 12.9. The van der Waals surface area contributed by atoms with Crippen molar-refractivity contribution in [3.05, 3.63) is 71.8 Å². The van der Waals surface area contributed by atoms with Crippen molar-refractivity contribution >= 4 is 17.3 Å². The largest absolute Gasteiger partial charge is 0.495 e. The number of nitrogens with one attached hydrogen (secondary N) is 2. The van der Waals surface area contributed by atoms with Crippen LogP contribution in [0.15, 0.2) is 54.6 Å². The Kier molecular flexibility index (Phi) is 5.63. The zero-order valence-corrected chi connectivity index (χ0v) is 14.8. The van der Waals surface area contributed by atoms with Crippen molar-refractivity contribution in [2.75, 3.05) is 24.3 Å². The number of anilines is 3. The summed E-state index contributed by atoms with van der Waals surface area (Å²) in [5, 5.41) is 6.55. The molecule has 3 rings (SSSR count). The highest BCUT2D eigenvalue weighted by Gasteiger charge is 2.06. The Morgan fingerprint density at radius 1 is 1.00 bits per heavy atom. The lowest BCUT2D eigenvalue weighted by Crippen LogP contribution is -2.08.